The predicted molar refractivity (Wildman–Crippen MR) is 90.6 cm³/mol. The van der Waals surface area contributed by atoms with E-state index < -0.39 is 0 Å². The first kappa shape index (κ1) is 16.6. The standard InChI is InChI=1S/C17H24ClN3O2/c18-14-6-4-13(5-7-14)16(20-8-2-1-3-9-20)10-19-17(23)21-11-15(22)12-21/h4-7,15-16,22H,1-3,8-12H2,(H,19,23). The molecule has 0 radical (unpaired) electrons. The van der Waals surface area contributed by atoms with Crippen molar-refractivity contribution in [1.29, 1.82) is 0 Å². The van der Waals surface area contributed by atoms with Gasteiger partial charge in [0.1, 0.15) is 0 Å². The number of carbonyl (C=O) groups excluding carboxylic acids is 1. The normalized spacial score (nSPS) is 20.9. The number of carbonyl (C=O) groups is 1. The lowest BCUT2D eigenvalue weighted by Gasteiger charge is -2.38. The van der Waals surface area contributed by atoms with Gasteiger partial charge in [0.15, 0.2) is 0 Å². The average Bonchev–Trinajstić information content (AvgIpc) is 2.54. The SMILES string of the molecule is O=C(NCC(c1ccc(Cl)cc1)N1CCCCC1)N1CC(O)C1. The van der Waals surface area contributed by atoms with Crippen LogP contribution in [0.3, 0.4) is 0 Å². The molecule has 2 aliphatic rings. The monoisotopic (exact) mass is 337 g/mol. The van der Waals surface area contributed by atoms with E-state index >= 15 is 0 Å². The highest BCUT2D eigenvalue weighted by atomic mass is 35.5. The van der Waals surface area contributed by atoms with Gasteiger partial charge in [0.05, 0.1) is 25.2 Å². The minimum absolute atomic E-state index is 0.0914. The van der Waals surface area contributed by atoms with E-state index in [2.05, 4.69) is 10.2 Å². The molecule has 1 unspecified atom stereocenters. The molecule has 1 atom stereocenters. The Hall–Kier alpha value is -1.30. The molecular weight excluding hydrogens is 314 g/mol. The van der Waals surface area contributed by atoms with E-state index in [0.29, 0.717) is 19.6 Å². The molecule has 1 aromatic carbocycles. The molecule has 0 bridgehead atoms. The molecule has 3 rings (SSSR count). The zero-order valence-corrected chi connectivity index (χ0v) is 14.0. The number of urea groups is 1. The van der Waals surface area contributed by atoms with Gasteiger partial charge in [-0.3, -0.25) is 4.90 Å². The highest BCUT2D eigenvalue weighted by Gasteiger charge is 2.30. The van der Waals surface area contributed by atoms with E-state index in [9.17, 15) is 9.90 Å². The Labute approximate surface area is 142 Å². The maximum absolute atomic E-state index is 12.1. The van der Waals surface area contributed by atoms with Crippen molar-refractivity contribution < 1.29 is 9.90 Å². The Balaban J connectivity index is 1.64. The van der Waals surface area contributed by atoms with Crippen LogP contribution in [0.15, 0.2) is 24.3 Å². The summed E-state index contributed by atoms with van der Waals surface area (Å²) in [6, 6.07) is 7.97. The van der Waals surface area contributed by atoms with Crippen molar-refractivity contribution >= 4 is 17.6 Å². The first-order chi connectivity index (χ1) is 11.1. The third-order valence-electron chi connectivity index (χ3n) is 4.68. The summed E-state index contributed by atoms with van der Waals surface area (Å²) < 4.78 is 0. The smallest absolute Gasteiger partial charge is 0.317 e. The first-order valence-corrected chi connectivity index (χ1v) is 8.71. The van der Waals surface area contributed by atoms with E-state index in [1.54, 1.807) is 4.90 Å². The number of halogens is 1. The van der Waals surface area contributed by atoms with E-state index in [1.165, 1.54) is 24.8 Å². The summed E-state index contributed by atoms with van der Waals surface area (Å²) in [5.41, 5.74) is 1.18. The minimum atomic E-state index is -0.366. The Morgan fingerprint density at radius 2 is 1.87 bits per heavy atom. The summed E-state index contributed by atoms with van der Waals surface area (Å²) in [7, 11) is 0. The number of nitrogens with zero attached hydrogens (tertiary/aromatic N) is 2. The van der Waals surface area contributed by atoms with Crippen LogP contribution in [0.1, 0.15) is 30.9 Å². The van der Waals surface area contributed by atoms with Gasteiger partial charge in [0.2, 0.25) is 0 Å². The minimum Gasteiger partial charge on any atom is -0.389 e. The third kappa shape index (κ3) is 4.16. The summed E-state index contributed by atoms with van der Waals surface area (Å²) in [5.74, 6) is 0. The Morgan fingerprint density at radius 1 is 1.22 bits per heavy atom. The highest BCUT2D eigenvalue weighted by Crippen LogP contribution is 2.25. The maximum atomic E-state index is 12.1. The number of aliphatic hydroxyl groups excluding tert-OH is 1. The zero-order valence-electron chi connectivity index (χ0n) is 13.2. The molecule has 2 fully saturated rings. The molecule has 2 heterocycles. The number of nitrogens with one attached hydrogen (secondary N) is 1. The molecule has 0 spiro atoms. The van der Waals surface area contributed by atoms with Crippen LogP contribution in [-0.4, -0.2) is 59.8 Å². The number of benzene rings is 1. The maximum Gasteiger partial charge on any atom is 0.317 e. The van der Waals surface area contributed by atoms with Crippen LogP contribution in [0, 0.1) is 0 Å². The van der Waals surface area contributed by atoms with Crippen molar-refractivity contribution in [3.63, 3.8) is 0 Å². The summed E-state index contributed by atoms with van der Waals surface area (Å²) in [5, 5.41) is 13.1. The number of β-amino-alcohol motifs (C(OH)–C–C–N with tert-alkyl or cyclic N) is 1. The number of likely N-dealkylation sites (tertiary alicyclic amines) is 2. The van der Waals surface area contributed by atoms with E-state index in [4.69, 9.17) is 11.6 Å². The van der Waals surface area contributed by atoms with Gasteiger partial charge in [-0.2, -0.15) is 0 Å². The lowest BCUT2D eigenvalue weighted by molar-refractivity contribution is 0.0259. The molecule has 0 saturated carbocycles. The van der Waals surface area contributed by atoms with Gasteiger partial charge >= 0.3 is 6.03 Å². The fourth-order valence-corrected chi connectivity index (χ4v) is 3.42. The zero-order chi connectivity index (χ0) is 16.2. The molecule has 2 saturated heterocycles. The van der Waals surface area contributed by atoms with Gasteiger partial charge < -0.3 is 15.3 Å². The number of hydrogen-bond donors (Lipinski definition) is 2. The largest absolute Gasteiger partial charge is 0.389 e. The first-order valence-electron chi connectivity index (χ1n) is 8.34. The molecule has 1 aromatic rings. The van der Waals surface area contributed by atoms with Crippen LogP contribution in [0.4, 0.5) is 4.79 Å². The Kier molecular flexibility index (Phi) is 5.41. The highest BCUT2D eigenvalue weighted by molar-refractivity contribution is 6.30. The summed E-state index contributed by atoms with van der Waals surface area (Å²) in [6.07, 6.45) is 3.32. The van der Waals surface area contributed by atoms with Gasteiger partial charge in [0, 0.05) is 11.6 Å². The van der Waals surface area contributed by atoms with Crippen LogP contribution in [0.5, 0.6) is 0 Å². The quantitative estimate of drug-likeness (QED) is 0.886. The van der Waals surface area contributed by atoms with Crippen molar-refractivity contribution in [3.05, 3.63) is 34.9 Å². The van der Waals surface area contributed by atoms with Crippen LogP contribution >= 0.6 is 11.6 Å². The molecule has 6 heteroatoms. The fourth-order valence-electron chi connectivity index (χ4n) is 3.29. The van der Waals surface area contributed by atoms with E-state index in [1.807, 2.05) is 24.3 Å². The topological polar surface area (TPSA) is 55.8 Å². The number of rotatable bonds is 4. The summed E-state index contributed by atoms with van der Waals surface area (Å²) in [4.78, 5) is 16.2. The summed E-state index contributed by atoms with van der Waals surface area (Å²) >= 11 is 6.00. The van der Waals surface area contributed by atoms with Gasteiger partial charge in [0.25, 0.3) is 0 Å². The van der Waals surface area contributed by atoms with E-state index in [-0.39, 0.29) is 18.2 Å². The molecule has 2 N–H and O–H groups in total. The molecular formula is C17H24ClN3O2. The van der Waals surface area contributed by atoms with E-state index in [0.717, 1.165) is 18.1 Å². The lowest BCUT2D eigenvalue weighted by atomic mass is 10.0. The number of aliphatic hydroxyl groups is 1. The second-order valence-electron chi connectivity index (χ2n) is 6.41. The van der Waals surface area contributed by atoms with Gasteiger partial charge in [-0.05, 0) is 43.6 Å². The second-order valence-corrected chi connectivity index (χ2v) is 6.85. The van der Waals surface area contributed by atoms with Crippen LogP contribution in [0.2, 0.25) is 5.02 Å². The van der Waals surface area contributed by atoms with Gasteiger partial charge in [-0.25, -0.2) is 4.79 Å². The molecule has 0 aromatic heterocycles. The van der Waals surface area contributed by atoms with Crippen LogP contribution < -0.4 is 5.32 Å². The van der Waals surface area contributed by atoms with Crippen molar-refractivity contribution in [2.75, 3.05) is 32.7 Å². The molecule has 2 amide bonds. The molecule has 126 valence electrons. The lowest BCUT2D eigenvalue weighted by Crippen LogP contribution is -2.57. The van der Waals surface area contributed by atoms with Crippen molar-refractivity contribution in [3.8, 4) is 0 Å². The second kappa shape index (κ2) is 7.51. The molecule has 2 aliphatic heterocycles. The predicted octanol–water partition coefficient (Wildman–Crippen LogP) is 2.25. The number of amides is 2. The fraction of sp³-hybridized carbons (Fsp3) is 0.588. The van der Waals surface area contributed by atoms with Crippen molar-refractivity contribution in [2.45, 2.75) is 31.4 Å². The molecule has 23 heavy (non-hydrogen) atoms. The van der Waals surface area contributed by atoms with Gasteiger partial charge in [-0.1, -0.05) is 30.2 Å². The number of hydrogen-bond acceptors (Lipinski definition) is 3. The Bertz CT molecular complexity index is 525. The molecule has 0 aliphatic carbocycles. The number of piperidine rings is 1. The molecule has 5 nitrogen and oxygen atoms in total. The van der Waals surface area contributed by atoms with Crippen LogP contribution in [0.25, 0.3) is 0 Å². The van der Waals surface area contributed by atoms with Gasteiger partial charge in [-0.15, -0.1) is 0 Å². The average molecular weight is 338 g/mol. The van der Waals surface area contributed by atoms with Crippen molar-refractivity contribution in [2.24, 2.45) is 0 Å². The summed E-state index contributed by atoms with van der Waals surface area (Å²) in [6.45, 7) is 3.56. The van der Waals surface area contributed by atoms with Crippen LogP contribution in [-0.2, 0) is 0 Å². The third-order valence-corrected chi connectivity index (χ3v) is 4.93. The van der Waals surface area contributed by atoms with Crippen molar-refractivity contribution in [1.82, 2.24) is 15.1 Å². The Morgan fingerprint density at radius 3 is 2.48 bits per heavy atom.